The van der Waals surface area contributed by atoms with Gasteiger partial charge in [-0.15, -0.1) is 0 Å². The van der Waals surface area contributed by atoms with Crippen LogP contribution >= 0.6 is 0 Å². The highest BCUT2D eigenvalue weighted by Gasteiger charge is 2.15. The molecule has 0 aliphatic rings. The lowest BCUT2D eigenvalue weighted by Crippen LogP contribution is -2.23. The molecule has 0 bridgehead atoms. The van der Waals surface area contributed by atoms with Gasteiger partial charge in [-0.2, -0.15) is 10.4 Å². The zero-order valence-corrected chi connectivity index (χ0v) is 15.4. The minimum Gasteiger partial charge on any atom is -0.354 e. The van der Waals surface area contributed by atoms with Crippen LogP contribution < -0.4 is 10.6 Å². The van der Waals surface area contributed by atoms with E-state index in [2.05, 4.69) is 26.8 Å². The zero-order chi connectivity index (χ0) is 19.4. The van der Waals surface area contributed by atoms with Crippen LogP contribution in [0.5, 0.6) is 0 Å². The predicted molar refractivity (Wildman–Crippen MR) is 104 cm³/mol. The van der Waals surface area contributed by atoms with Crippen molar-refractivity contribution >= 4 is 23.0 Å². The number of nitrogens with zero attached hydrogens (tertiary/aromatic N) is 4. The van der Waals surface area contributed by atoms with Crippen molar-refractivity contribution < 1.29 is 4.79 Å². The topological polar surface area (TPSA) is 95.6 Å². The van der Waals surface area contributed by atoms with Crippen LogP contribution in [0.3, 0.4) is 0 Å². The van der Waals surface area contributed by atoms with Crippen LogP contribution in [0.15, 0.2) is 48.8 Å². The van der Waals surface area contributed by atoms with Gasteiger partial charge in [0.2, 0.25) is 5.91 Å². The third-order valence-electron chi connectivity index (χ3n) is 4.15. The highest BCUT2D eigenvalue weighted by Crippen LogP contribution is 2.25. The van der Waals surface area contributed by atoms with E-state index >= 15 is 0 Å². The molecular formula is C20H20N6O. The summed E-state index contributed by atoms with van der Waals surface area (Å²) in [6.07, 6.45) is 3.39. The number of hydrogen-bond donors (Lipinski definition) is 2. The van der Waals surface area contributed by atoms with Gasteiger partial charge in [-0.3, -0.25) is 14.5 Å². The maximum absolute atomic E-state index is 12.4. The minimum absolute atomic E-state index is 0.163. The minimum atomic E-state index is -0.424. The molecule has 2 N–H and O–H groups in total. The molecule has 0 saturated heterocycles. The van der Waals surface area contributed by atoms with Gasteiger partial charge in [0.05, 0.1) is 16.9 Å². The number of carbonyl (C=O) groups excluding carboxylic acids is 1. The van der Waals surface area contributed by atoms with Gasteiger partial charge in [0.25, 0.3) is 0 Å². The fourth-order valence-corrected chi connectivity index (χ4v) is 2.78. The number of hydrogen-bond acceptors (Lipinski definition) is 5. The number of amides is 1. The van der Waals surface area contributed by atoms with E-state index in [1.54, 1.807) is 30.1 Å². The summed E-state index contributed by atoms with van der Waals surface area (Å²) in [5.74, 6) is -0.163. The number of aryl methyl sites for hydroxylation is 2. The molecule has 1 unspecified atom stereocenters. The standard InChI is InChI=1S/C20H20N6O/c1-13-10-19(18(12-21)14(2)23-13)24-16-6-4-7-17(11-16)25-20(27)15(3)26-9-5-8-22-26/h4-11,15H,1-3H3,(H,23,24)(H,25,27). The summed E-state index contributed by atoms with van der Waals surface area (Å²) in [7, 11) is 0. The molecule has 1 aromatic carbocycles. The largest absolute Gasteiger partial charge is 0.354 e. The Morgan fingerprint density at radius 2 is 2.00 bits per heavy atom. The van der Waals surface area contributed by atoms with Crippen LogP contribution in [0.25, 0.3) is 0 Å². The Morgan fingerprint density at radius 3 is 2.70 bits per heavy atom. The number of aromatic nitrogens is 3. The average Bonchev–Trinajstić information content (AvgIpc) is 3.15. The van der Waals surface area contributed by atoms with Gasteiger partial charge in [0.15, 0.2) is 0 Å². The quantitative estimate of drug-likeness (QED) is 0.723. The van der Waals surface area contributed by atoms with Crippen molar-refractivity contribution in [2.24, 2.45) is 0 Å². The summed E-state index contributed by atoms with van der Waals surface area (Å²) in [4.78, 5) is 16.7. The van der Waals surface area contributed by atoms with Gasteiger partial charge in [-0.1, -0.05) is 6.07 Å². The van der Waals surface area contributed by atoms with E-state index < -0.39 is 6.04 Å². The van der Waals surface area contributed by atoms with Crippen molar-refractivity contribution in [3.63, 3.8) is 0 Å². The molecule has 0 saturated carbocycles. The molecule has 0 aliphatic carbocycles. The van der Waals surface area contributed by atoms with E-state index in [4.69, 9.17) is 0 Å². The van der Waals surface area contributed by atoms with E-state index in [0.717, 1.165) is 11.4 Å². The van der Waals surface area contributed by atoms with Gasteiger partial charge >= 0.3 is 0 Å². The molecule has 7 nitrogen and oxygen atoms in total. The Balaban J connectivity index is 1.79. The van der Waals surface area contributed by atoms with Crippen LogP contribution in [-0.4, -0.2) is 20.7 Å². The number of nitriles is 1. The monoisotopic (exact) mass is 360 g/mol. The highest BCUT2D eigenvalue weighted by molar-refractivity contribution is 5.94. The molecule has 2 heterocycles. The van der Waals surface area contributed by atoms with Crippen molar-refractivity contribution in [3.05, 3.63) is 65.7 Å². The van der Waals surface area contributed by atoms with Crippen molar-refractivity contribution in [3.8, 4) is 6.07 Å². The summed E-state index contributed by atoms with van der Waals surface area (Å²) in [5, 5.41) is 19.6. The Kier molecular flexibility index (Phi) is 5.18. The summed E-state index contributed by atoms with van der Waals surface area (Å²) in [6, 6.07) is 12.7. The normalized spacial score (nSPS) is 11.5. The molecule has 27 heavy (non-hydrogen) atoms. The smallest absolute Gasteiger partial charge is 0.248 e. The van der Waals surface area contributed by atoms with Crippen molar-refractivity contribution in [2.45, 2.75) is 26.8 Å². The first-order valence-corrected chi connectivity index (χ1v) is 8.53. The average molecular weight is 360 g/mol. The second-order valence-corrected chi connectivity index (χ2v) is 6.24. The molecule has 1 amide bonds. The molecule has 1 atom stereocenters. The van der Waals surface area contributed by atoms with Crippen LogP contribution in [0.4, 0.5) is 17.1 Å². The number of benzene rings is 1. The fourth-order valence-electron chi connectivity index (χ4n) is 2.78. The first kappa shape index (κ1) is 18.1. The van der Waals surface area contributed by atoms with E-state index in [1.165, 1.54) is 0 Å². The molecule has 136 valence electrons. The van der Waals surface area contributed by atoms with Crippen molar-refractivity contribution in [1.82, 2.24) is 14.8 Å². The van der Waals surface area contributed by atoms with E-state index in [0.29, 0.717) is 22.6 Å². The molecular weight excluding hydrogens is 340 g/mol. The maximum Gasteiger partial charge on any atom is 0.248 e. The Hall–Kier alpha value is -3.66. The highest BCUT2D eigenvalue weighted by atomic mass is 16.2. The van der Waals surface area contributed by atoms with Gasteiger partial charge in [-0.05, 0) is 51.1 Å². The number of nitrogens with one attached hydrogen (secondary N) is 2. The molecule has 2 aromatic heterocycles. The maximum atomic E-state index is 12.4. The first-order valence-electron chi connectivity index (χ1n) is 8.53. The first-order chi connectivity index (χ1) is 13.0. The molecule has 7 heteroatoms. The Bertz CT molecular complexity index is 1000. The third kappa shape index (κ3) is 4.12. The van der Waals surface area contributed by atoms with Gasteiger partial charge in [-0.25, -0.2) is 0 Å². The lowest BCUT2D eigenvalue weighted by molar-refractivity contribution is -0.119. The van der Waals surface area contributed by atoms with Crippen LogP contribution in [0.1, 0.15) is 29.9 Å². The van der Waals surface area contributed by atoms with Gasteiger partial charge in [0, 0.05) is 29.5 Å². The van der Waals surface area contributed by atoms with Gasteiger partial charge in [0.1, 0.15) is 12.1 Å². The second-order valence-electron chi connectivity index (χ2n) is 6.24. The van der Waals surface area contributed by atoms with Crippen LogP contribution in [-0.2, 0) is 4.79 Å². The molecule has 0 radical (unpaired) electrons. The van der Waals surface area contributed by atoms with Gasteiger partial charge < -0.3 is 10.6 Å². The summed E-state index contributed by atoms with van der Waals surface area (Å²) >= 11 is 0. The second kappa shape index (κ2) is 7.70. The Morgan fingerprint density at radius 1 is 1.22 bits per heavy atom. The molecule has 0 aliphatic heterocycles. The van der Waals surface area contributed by atoms with Crippen LogP contribution in [0, 0.1) is 25.2 Å². The molecule has 0 fully saturated rings. The van der Waals surface area contributed by atoms with Crippen molar-refractivity contribution in [1.29, 1.82) is 5.26 Å². The Labute approximate surface area is 157 Å². The zero-order valence-electron chi connectivity index (χ0n) is 15.4. The lowest BCUT2D eigenvalue weighted by Gasteiger charge is -2.14. The van der Waals surface area contributed by atoms with Crippen molar-refractivity contribution in [2.75, 3.05) is 10.6 Å². The molecule has 3 rings (SSSR count). The van der Waals surface area contributed by atoms with Crippen LogP contribution in [0.2, 0.25) is 0 Å². The fraction of sp³-hybridized carbons (Fsp3) is 0.200. The molecule has 0 spiro atoms. The number of pyridine rings is 1. The summed E-state index contributed by atoms with van der Waals surface area (Å²) in [5.41, 5.74) is 4.12. The summed E-state index contributed by atoms with van der Waals surface area (Å²) in [6.45, 7) is 5.48. The van der Waals surface area contributed by atoms with E-state index in [-0.39, 0.29) is 5.91 Å². The van der Waals surface area contributed by atoms with E-state index in [9.17, 15) is 10.1 Å². The molecule has 3 aromatic rings. The number of carbonyl (C=O) groups is 1. The SMILES string of the molecule is Cc1cc(Nc2cccc(NC(=O)C(C)n3cccn3)c2)c(C#N)c(C)n1. The predicted octanol–water partition coefficient (Wildman–Crippen LogP) is 3.71. The van der Waals surface area contributed by atoms with E-state index in [1.807, 2.05) is 44.2 Å². The number of rotatable bonds is 5. The number of anilines is 3. The third-order valence-corrected chi connectivity index (χ3v) is 4.15. The lowest BCUT2D eigenvalue weighted by atomic mass is 10.1. The summed E-state index contributed by atoms with van der Waals surface area (Å²) < 4.78 is 1.60.